The Hall–Kier alpha value is -2.10. The molecule has 0 aliphatic rings. The number of hydrogen-bond donors (Lipinski definition) is 0. The molecular formula is C15H17NO3. The van der Waals surface area contributed by atoms with E-state index in [-0.39, 0.29) is 0 Å². The summed E-state index contributed by atoms with van der Waals surface area (Å²) in [5.41, 5.74) is 1.13. The van der Waals surface area contributed by atoms with Gasteiger partial charge >= 0.3 is 6.16 Å². The number of carbonyl (C=O) groups is 1. The molecule has 0 N–H and O–H groups in total. The van der Waals surface area contributed by atoms with Crippen molar-refractivity contribution in [3.8, 4) is 5.75 Å². The van der Waals surface area contributed by atoms with Gasteiger partial charge in [-0.25, -0.2) is 4.79 Å². The lowest BCUT2D eigenvalue weighted by Crippen LogP contribution is -2.26. The molecule has 0 aliphatic heterocycles. The quantitative estimate of drug-likeness (QED) is 0.576. The van der Waals surface area contributed by atoms with Crippen molar-refractivity contribution in [2.75, 3.05) is 0 Å². The van der Waals surface area contributed by atoms with E-state index in [4.69, 9.17) is 9.47 Å². The average Bonchev–Trinajstić information content (AvgIpc) is 2.26. The second-order valence-corrected chi connectivity index (χ2v) is 5.41. The van der Waals surface area contributed by atoms with Crippen molar-refractivity contribution in [2.24, 2.45) is 0 Å². The normalized spacial score (nSPS) is 11.4. The van der Waals surface area contributed by atoms with Crippen LogP contribution in [0.1, 0.15) is 26.3 Å². The number of rotatable bonds is 1. The Morgan fingerprint density at radius 2 is 2.00 bits per heavy atom. The van der Waals surface area contributed by atoms with Gasteiger partial charge in [0.05, 0.1) is 0 Å². The van der Waals surface area contributed by atoms with Crippen molar-refractivity contribution < 1.29 is 14.3 Å². The molecular weight excluding hydrogens is 242 g/mol. The van der Waals surface area contributed by atoms with Crippen LogP contribution in [0.25, 0.3) is 10.9 Å². The fraction of sp³-hybridized carbons (Fsp3) is 0.333. The standard InChI is InChI=1S/C15H17NO3/c1-10-8-11-6-5-7-12(13(11)16-9-10)18-14(17)19-15(2,3)4/h5-9H,1-4H3. The average molecular weight is 259 g/mol. The highest BCUT2D eigenvalue weighted by atomic mass is 16.7. The van der Waals surface area contributed by atoms with Crippen molar-refractivity contribution in [2.45, 2.75) is 33.3 Å². The molecule has 4 heteroatoms. The zero-order valence-corrected chi connectivity index (χ0v) is 11.6. The summed E-state index contributed by atoms with van der Waals surface area (Å²) < 4.78 is 10.3. The molecule has 1 aromatic heterocycles. The van der Waals surface area contributed by atoms with Crippen LogP contribution in [0.3, 0.4) is 0 Å². The lowest BCUT2D eigenvalue weighted by molar-refractivity contribution is 0.0209. The number of aromatic nitrogens is 1. The van der Waals surface area contributed by atoms with Gasteiger partial charge in [-0.05, 0) is 45.4 Å². The third-order valence-corrected chi connectivity index (χ3v) is 2.39. The van der Waals surface area contributed by atoms with Crippen LogP contribution >= 0.6 is 0 Å². The molecule has 0 saturated heterocycles. The number of carbonyl (C=O) groups excluding carboxylic acids is 1. The van der Waals surface area contributed by atoms with Gasteiger partial charge in [0.15, 0.2) is 5.75 Å². The predicted octanol–water partition coefficient (Wildman–Crippen LogP) is 3.86. The first-order valence-corrected chi connectivity index (χ1v) is 6.11. The molecule has 19 heavy (non-hydrogen) atoms. The second-order valence-electron chi connectivity index (χ2n) is 5.41. The number of aryl methyl sites for hydroxylation is 1. The summed E-state index contributed by atoms with van der Waals surface area (Å²) in [6, 6.07) is 7.44. The zero-order chi connectivity index (χ0) is 14.0. The number of benzene rings is 1. The third-order valence-electron chi connectivity index (χ3n) is 2.39. The molecule has 2 aromatic rings. The maximum Gasteiger partial charge on any atom is 0.514 e. The van der Waals surface area contributed by atoms with E-state index in [1.54, 1.807) is 33.0 Å². The van der Waals surface area contributed by atoms with E-state index in [9.17, 15) is 4.79 Å². The molecule has 0 saturated carbocycles. The molecule has 2 rings (SSSR count). The van der Waals surface area contributed by atoms with E-state index >= 15 is 0 Å². The smallest absolute Gasteiger partial charge is 0.428 e. The summed E-state index contributed by atoms with van der Waals surface area (Å²) >= 11 is 0. The number of nitrogens with zero attached hydrogens (tertiary/aromatic N) is 1. The maximum absolute atomic E-state index is 11.7. The monoisotopic (exact) mass is 259 g/mol. The Bertz CT molecular complexity index is 614. The summed E-state index contributed by atoms with van der Waals surface area (Å²) in [6.45, 7) is 7.34. The van der Waals surface area contributed by atoms with Crippen molar-refractivity contribution in [3.05, 3.63) is 36.0 Å². The Kier molecular flexibility index (Phi) is 3.42. The van der Waals surface area contributed by atoms with E-state index in [1.807, 2.05) is 25.1 Å². The minimum atomic E-state index is -0.720. The van der Waals surface area contributed by atoms with E-state index in [0.717, 1.165) is 10.9 Å². The lowest BCUT2D eigenvalue weighted by atomic mass is 10.1. The molecule has 1 heterocycles. The number of ether oxygens (including phenoxy) is 2. The largest absolute Gasteiger partial charge is 0.514 e. The zero-order valence-electron chi connectivity index (χ0n) is 11.6. The molecule has 1 aromatic carbocycles. The van der Waals surface area contributed by atoms with Gasteiger partial charge < -0.3 is 9.47 Å². The highest BCUT2D eigenvalue weighted by Gasteiger charge is 2.19. The minimum absolute atomic E-state index is 0.409. The van der Waals surface area contributed by atoms with Crippen molar-refractivity contribution in [1.82, 2.24) is 4.98 Å². The molecule has 4 nitrogen and oxygen atoms in total. The number of fused-ring (bicyclic) bond motifs is 1. The first-order valence-electron chi connectivity index (χ1n) is 6.11. The topological polar surface area (TPSA) is 48.4 Å². The molecule has 0 fully saturated rings. The second kappa shape index (κ2) is 4.88. The van der Waals surface area contributed by atoms with Gasteiger partial charge in [0.25, 0.3) is 0 Å². The minimum Gasteiger partial charge on any atom is -0.428 e. The summed E-state index contributed by atoms with van der Waals surface area (Å²) in [7, 11) is 0. The molecule has 0 bridgehead atoms. The first kappa shape index (κ1) is 13.3. The van der Waals surface area contributed by atoms with E-state index < -0.39 is 11.8 Å². The molecule has 0 radical (unpaired) electrons. The van der Waals surface area contributed by atoms with E-state index in [0.29, 0.717) is 11.3 Å². The van der Waals surface area contributed by atoms with Crippen molar-refractivity contribution >= 4 is 17.1 Å². The maximum atomic E-state index is 11.7. The van der Waals surface area contributed by atoms with Crippen LogP contribution in [0.15, 0.2) is 30.5 Å². The molecule has 0 unspecified atom stereocenters. The Labute approximate surface area is 112 Å². The van der Waals surface area contributed by atoms with Crippen LogP contribution in [0, 0.1) is 6.92 Å². The highest BCUT2D eigenvalue weighted by molar-refractivity contribution is 5.86. The summed E-state index contributed by atoms with van der Waals surface area (Å²) in [6.07, 6.45) is 1.02. The van der Waals surface area contributed by atoms with E-state index in [2.05, 4.69) is 4.98 Å². The van der Waals surface area contributed by atoms with Crippen LogP contribution < -0.4 is 4.74 Å². The predicted molar refractivity (Wildman–Crippen MR) is 73.3 cm³/mol. The Morgan fingerprint density at radius 1 is 1.26 bits per heavy atom. The Morgan fingerprint density at radius 3 is 2.68 bits per heavy atom. The number of pyridine rings is 1. The molecule has 0 amide bonds. The molecule has 100 valence electrons. The number of para-hydroxylation sites is 1. The van der Waals surface area contributed by atoms with Crippen LogP contribution in [-0.2, 0) is 4.74 Å². The van der Waals surface area contributed by atoms with Crippen molar-refractivity contribution in [3.63, 3.8) is 0 Å². The molecule has 0 aliphatic carbocycles. The molecule has 0 spiro atoms. The fourth-order valence-corrected chi connectivity index (χ4v) is 1.69. The van der Waals surface area contributed by atoms with Crippen LogP contribution in [-0.4, -0.2) is 16.7 Å². The van der Waals surface area contributed by atoms with Gasteiger partial charge in [0.1, 0.15) is 11.1 Å². The van der Waals surface area contributed by atoms with Crippen LogP contribution in [0.4, 0.5) is 4.79 Å². The summed E-state index contributed by atoms with van der Waals surface area (Å²) in [5.74, 6) is 0.409. The number of hydrogen-bond acceptors (Lipinski definition) is 4. The first-order chi connectivity index (χ1) is 8.85. The lowest BCUT2D eigenvalue weighted by Gasteiger charge is -2.18. The fourth-order valence-electron chi connectivity index (χ4n) is 1.69. The van der Waals surface area contributed by atoms with Crippen molar-refractivity contribution in [1.29, 1.82) is 0 Å². The van der Waals surface area contributed by atoms with E-state index in [1.165, 1.54) is 0 Å². The third kappa shape index (κ3) is 3.44. The van der Waals surface area contributed by atoms with Gasteiger partial charge in [-0.15, -0.1) is 0 Å². The Balaban J connectivity index is 2.28. The van der Waals surface area contributed by atoms with Gasteiger partial charge in [-0.1, -0.05) is 12.1 Å². The van der Waals surface area contributed by atoms with Gasteiger partial charge in [0, 0.05) is 11.6 Å². The van der Waals surface area contributed by atoms with Gasteiger partial charge in [-0.3, -0.25) is 4.98 Å². The molecule has 0 atom stereocenters. The SMILES string of the molecule is Cc1cnc2c(OC(=O)OC(C)(C)C)cccc2c1. The van der Waals surface area contributed by atoms with Crippen LogP contribution in [0.5, 0.6) is 5.75 Å². The van der Waals surface area contributed by atoms with Crippen LogP contribution in [0.2, 0.25) is 0 Å². The highest BCUT2D eigenvalue weighted by Crippen LogP contribution is 2.24. The summed E-state index contributed by atoms with van der Waals surface area (Å²) in [4.78, 5) is 16.0. The van der Waals surface area contributed by atoms with Gasteiger partial charge in [0.2, 0.25) is 0 Å². The summed E-state index contributed by atoms with van der Waals surface area (Å²) in [5, 5.41) is 0.932. The van der Waals surface area contributed by atoms with Gasteiger partial charge in [-0.2, -0.15) is 0 Å².